The monoisotopic (exact) mass is 374 g/mol. The molecule has 0 aliphatic heterocycles. The van der Waals surface area contributed by atoms with Gasteiger partial charge in [-0.1, -0.05) is 13.8 Å². The van der Waals surface area contributed by atoms with Crippen LogP contribution in [0.15, 0.2) is 11.8 Å². The first-order valence-electron chi connectivity index (χ1n) is 10.8. The van der Waals surface area contributed by atoms with E-state index in [4.69, 9.17) is 9.47 Å². The summed E-state index contributed by atoms with van der Waals surface area (Å²) in [5.74, 6) is 3.24. The quantitative estimate of drug-likeness (QED) is 0.637. The first-order chi connectivity index (χ1) is 12.7. The summed E-state index contributed by atoms with van der Waals surface area (Å²) in [5.41, 5.74) is 0.469. The fourth-order valence-corrected chi connectivity index (χ4v) is 7.45. The molecule has 0 aromatic rings. The molecule has 2 unspecified atom stereocenters. The Balaban J connectivity index is 1.55. The van der Waals surface area contributed by atoms with Gasteiger partial charge in [0, 0.05) is 25.7 Å². The summed E-state index contributed by atoms with van der Waals surface area (Å²) in [4.78, 5) is 22.9. The molecule has 4 rings (SSSR count). The maximum absolute atomic E-state index is 11.6. The third kappa shape index (κ3) is 3.03. The highest BCUT2D eigenvalue weighted by atomic mass is 16.5. The van der Waals surface area contributed by atoms with Crippen molar-refractivity contribution in [3.05, 3.63) is 11.8 Å². The Morgan fingerprint density at radius 1 is 0.926 bits per heavy atom. The van der Waals surface area contributed by atoms with Crippen molar-refractivity contribution in [2.24, 2.45) is 34.5 Å². The zero-order chi connectivity index (χ0) is 19.4. The largest absolute Gasteiger partial charge is 0.462 e. The van der Waals surface area contributed by atoms with E-state index in [-0.39, 0.29) is 23.5 Å². The van der Waals surface area contributed by atoms with E-state index in [1.165, 1.54) is 39.0 Å². The second kappa shape index (κ2) is 6.63. The molecule has 0 saturated heterocycles. The van der Waals surface area contributed by atoms with Crippen molar-refractivity contribution in [2.75, 3.05) is 0 Å². The Morgan fingerprint density at radius 2 is 1.67 bits per heavy atom. The lowest BCUT2D eigenvalue weighted by Gasteiger charge is -2.59. The first-order valence-corrected chi connectivity index (χ1v) is 10.8. The molecule has 4 nitrogen and oxygen atoms in total. The van der Waals surface area contributed by atoms with Crippen LogP contribution in [0.25, 0.3) is 0 Å². The zero-order valence-corrected chi connectivity index (χ0v) is 17.3. The lowest BCUT2D eigenvalue weighted by Crippen LogP contribution is -2.53. The van der Waals surface area contributed by atoms with Crippen molar-refractivity contribution in [2.45, 2.75) is 85.2 Å². The van der Waals surface area contributed by atoms with Crippen molar-refractivity contribution in [3.63, 3.8) is 0 Å². The van der Waals surface area contributed by atoms with Crippen molar-refractivity contribution >= 4 is 11.9 Å². The van der Waals surface area contributed by atoms with E-state index in [1.807, 2.05) is 0 Å². The molecule has 0 aromatic carbocycles. The van der Waals surface area contributed by atoms with Crippen LogP contribution >= 0.6 is 0 Å². The SMILES string of the molecule is CC(=O)OC1=CC2CC[C@@H]3[C@@H](CC[C@]4(C)C(OC(C)=O)CC[C@@H]34)[C@@]2(C)CC1. The Bertz CT molecular complexity index is 667. The molecule has 7 atom stereocenters. The summed E-state index contributed by atoms with van der Waals surface area (Å²) in [6.07, 6.45) is 11.4. The molecule has 0 radical (unpaired) electrons. The van der Waals surface area contributed by atoms with E-state index in [1.54, 1.807) is 6.92 Å². The maximum atomic E-state index is 11.6. The van der Waals surface area contributed by atoms with Gasteiger partial charge in [0.1, 0.15) is 11.9 Å². The highest BCUT2D eigenvalue weighted by molar-refractivity contribution is 5.67. The number of fused-ring (bicyclic) bond motifs is 5. The molecule has 27 heavy (non-hydrogen) atoms. The van der Waals surface area contributed by atoms with Gasteiger partial charge in [-0.2, -0.15) is 0 Å². The van der Waals surface area contributed by atoms with Crippen LogP contribution in [0.2, 0.25) is 0 Å². The molecule has 4 aliphatic carbocycles. The average Bonchev–Trinajstić information content (AvgIpc) is 2.91. The summed E-state index contributed by atoms with van der Waals surface area (Å²) in [7, 11) is 0. The Labute approximate surface area is 163 Å². The number of ether oxygens (including phenoxy) is 2. The normalized spacial score (nSPS) is 45.8. The number of carbonyl (C=O) groups is 2. The summed E-state index contributed by atoms with van der Waals surface area (Å²) < 4.78 is 11.2. The van der Waals surface area contributed by atoms with Crippen LogP contribution in [-0.2, 0) is 19.1 Å². The lowest BCUT2D eigenvalue weighted by atomic mass is 9.46. The highest BCUT2D eigenvalue weighted by Gasteiger charge is 2.60. The number of carbonyl (C=O) groups excluding carboxylic acids is 2. The molecule has 0 N–H and O–H groups in total. The van der Waals surface area contributed by atoms with Gasteiger partial charge in [0.25, 0.3) is 0 Å². The van der Waals surface area contributed by atoms with Gasteiger partial charge in [0.05, 0.1) is 0 Å². The summed E-state index contributed by atoms with van der Waals surface area (Å²) in [5, 5.41) is 0. The smallest absolute Gasteiger partial charge is 0.307 e. The van der Waals surface area contributed by atoms with Crippen LogP contribution in [0.4, 0.5) is 0 Å². The van der Waals surface area contributed by atoms with Crippen LogP contribution in [0.1, 0.15) is 79.1 Å². The minimum Gasteiger partial charge on any atom is -0.462 e. The third-order valence-electron chi connectivity index (χ3n) is 8.74. The molecule has 150 valence electrons. The minimum atomic E-state index is -0.200. The molecular formula is C23H34O4. The molecule has 4 aliphatic rings. The molecule has 0 heterocycles. The van der Waals surface area contributed by atoms with E-state index < -0.39 is 0 Å². The fourth-order valence-electron chi connectivity index (χ4n) is 7.45. The van der Waals surface area contributed by atoms with E-state index in [9.17, 15) is 9.59 Å². The summed E-state index contributed by atoms with van der Waals surface area (Å²) in [6, 6.07) is 0. The number of esters is 2. The van der Waals surface area contributed by atoms with Gasteiger partial charge in [-0.25, -0.2) is 0 Å². The van der Waals surface area contributed by atoms with Gasteiger partial charge in [-0.3, -0.25) is 9.59 Å². The van der Waals surface area contributed by atoms with Crippen molar-refractivity contribution < 1.29 is 19.1 Å². The van der Waals surface area contributed by atoms with Crippen molar-refractivity contribution in [1.29, 1.82) is 0 Å². The second-order valence-electron chi connectivity index (χ2n) is 10.0. The molecule has 0 spiro atoms. The summed E-state index contributed by atoms with van der Waals surface area (Å²) in [6.45, 7) is 7.90. The molecule has 0 bridgehead atoms. The molecule has 3 saturated carbocycles. The van der Waals surface area contributed by atoms with E-state index in [0.29, 0.717) is 17.3 Å². The standard InChI is InChI=1S/C23H34O4/c1-14(24)26-17-9-11-22(3)16(13-17)5-6-18-19-7-8-21(27-15(2)25)23(19,4)12-10-20(18)22/h13,16,18-21H,5-12H2,1-4H3/t16?,18-,19-,20+,21?,22-,23-/m0/s1. The third-order valence-corrected chi connectivity index (χ3v) is 8.74. The first kappa shape index (κ1) is 19.0. The van der Waals surface area contributed by atoms with Gasteiger partial charge < -0.3 is 9.47 Å². The topological polar surface area (TPSA) is 52.6 Å². The minimum absolute atomic E-state index is 0.105. The van der Waals surface area contributed by atoms with Gasteiger partial charge in [0.2, 0.25) is 0 Å². The van der Waals surface area contributed by atoms with Crippen LogP contribution < -0.4 is 0 Å². The fraction of sp³-hybridized carbons (Fsp3) is 0.826. The van der Waals surface area contributed by atoms with Gasteiger partial charge in [-0.15, -0.1) is 0 Å². The van der Waals surface area contributed by atoms with Crippen LogP contribution in [0.5, 0.6) is 0 Å². The van der Waals surface area contributed by atoms with Crippen LogP contribution in [0, 0.1) is 34.5 Å². The number of hydrogen-bond donors (Lipinski definition) is 0. The van der Waals surface area contributed by atoms with E-state index in [2.05, 4.69) is 19.9 Å². The average molecular weight is 375 g/mol. The summed E-state index contributed by atoms with van der Waals surface area (Å²) >= 11 is 0. The maximum Gasteiger partial charge on any atom is 0.307 e. The predicted octanol–water partition coefficient (Wildman–Crippen LogP) is 5.02. The Morgan fingerprint density at radius 3 is 2.37 bits per heavy atom. The van der Waals surface area contributed by atoms with Crippen LogP contribution in [-0.4, -0.2) is 18.0 Å². The highest BCUT2D eigenvalue weighted by Crippen LogP contribution is 2.66. The molecule has 3 fully saturated rings. The number of rotatable bonds is 2. The predicted molar refractivity (Wildman–Crippen MR) is 103 cm³/mol. The lowest BCUT2D eigenvalue weighted by molar-refractivity contribution is -0.159. The van der Waals surface area contributed by atoms with E-state index in [0.717, 1.165) is 36.9 Å². The molecule has 0 aromatic heterocycles. The van der Waals surface area contributed by atoms with Crippen molar-refractivity contribution in [1.82, 2.24) is 0 Å². The zero-order valence-electron chi connectivity index (χ0n) is 17.3. The number of allylic oxidation sites excluding steroid dienone is 2. The second-order valence-corrected chi connectivity index (χ2v) is 10.0. The van der Waals surface area contributed by atoms with Crippen LogP contribution in [0.3, 0.4) is 0 Å². The molecule has 0 amide bonds. The Hall–Kier alpha value is -1.32. The van der Waals surface area contributed by atoms with Gasteiger partial charge in [-0.05, 0) is 80.1 Å². The number of hydrogen-bond acceptors (Lipinski definition) is 4. The van der Waals surface area contributed by atoms with Crippen molar-refractivity contribution in [3.8, 4) is 0 Å². The van der Waals surface area contributed by atoms with Gasteiger partial charge >= 0.3 is 11.9 Å². The molecule has 4 heteroatoms. The molecular weight excluding hydrogens is 340 g/mol. The van der Waals surface area contributed by atoms with Gasteiger partial charge in [0.15, 0.2) is 0 Å². The Kier molecular flexibility index (Phi) is 4.67. The van der Waals surface area contributed by atoms with E-state index >= 15 is 0 Å².